The van der Waals surface area contributed by atoms with Crippen molar-refractivity contribution in [3.05, 3.63) is 69.2 Å². The quantitative estimate of drug-likeness (QED) is 0.887. The van der Waals surface area contributed by atoms with Crippen molar-refractivity contribution in [3.8, 4) is 0 Å². The van der Waals surface area contributed by atoms with E-state index in [1.54, 1.807) is 0 Å². The van der Waals surface area contributed by atoms with Gasteiger partial charge in [-0.05, 0) is 36.2 Å². The largest absolute Gasteiger partial charge is 0.330 e. The van der Waals surface area contributed by atoms with Crippen molar-refractivity contribution >= 4 is 27.5 Å². The fourth-order valence-electron chi connectivity index (χ4n) is 2.06. The van der Waals surface area contributed by atoms with Crippen LogP contribution in [-0.4, -0.2) is 6.54 Å². The van der Waals surface area contributed by atoms with Gasteiger partial charge in [-0.25, -0.2) is 0 Å². The third-order valence-corrected chi connectivity index (χ3v) is 4.17. The Kier molecular flexibility index (Phi) is 4.81. The summed E-state index contributed by atoms with van der Waals surface area (Å²) in [6.07, 6.45) is 0.891. The van der Waals surface area contributed by atoms with Crippen molar-refractivity contribution in [2.75, 3.05) is 6.54 Å². The van der Waals surface area contributed by atoms with Gasteiger partial charge in [-0.2, -0.15) is 0 Å². The first kappa shape index (κ1) is 13.6. The first-order valence-corrected chi connectivity index (χ1v) is 7.07. The van der Waals surface area contributed by atoms with Crippen molar-refractivity contribution in [1.29, 1.82) is 0 Å². The van der Waals surface area contributed by atoms with Crippen molar-refractivity contribution in [2.24, 2.45) is 5.73 Å². The van der Waals surface area contributed by atoms with E-state index in [1.165, 1.54) is 5.56 Å². The molecule has 18 heavy (non-hydrogen) atoms. The summed E-state index contributed by atoms with van der Waals surface area (Å²) in [5.41, 5.74) is 8.28. The molecule has 0 saturated heterocycles. The van der Waals surface area contributed by atoms with E-state index >= 15 is 0 Å². The number of benzene rings is 2. The number of rotatable bonds is 4. The molecule has 0 aliphatic heterocycles. The van der Waals surface area contributed by atoms with Crippen LogP contribution >= 0.6 is 27.5 Å². The maximum Gasteiger partial charge on any atom is 0.0441 e. The van der Waals surface area contributed by atoms with Gasteiger partial charge in [-0.3, -0.25) is 0 Å². The topological polar surface area (TPSA) is 26.0 Å². The van der Waals surface area contributed by atoms with E-state index in [2.05, 4.69) is 34.1 Å². The van der Waals surface area contributed by atoms with Gasteiger partial charge in [0.2, 0.25) is 0 Å². The Morgan fingerprint density at radius 1 is 1.06 bits per heavy atom. The van der Waals surface area contributed by atoms with Gasteiger partial charge < -0.3 is 5.73 Å². The summed E-state index contributed by atoms with van der Waals surface area (Å²) < 4.78 is 1.12. The first-order chi connectivity index (χ1) is 8.72. The van der Waals surface area contributed by atoms with Crippen LogP contribution in [0.1, 0.15) is 17.0 Å². The smallest absolute Gasteiger partial charge is 0.0441 e. The molecule has 2 aromatic carbocycles. The molecule has 2 aromatic rings. The van der Waals surface area contributed by atoms with Crippen molar-refractivity contribution in [3.63, 3.8) is 0 Å². The van der Waals surface area contributed by atoms with E-state index in [9.17, 15) is 0 Å². The number of hydrogen-bond donors (Lipinski definition) is 1. The first-order valence-electron chi connectivity index (χ1n) is 5.90. The minimum absolute atomic E-state index is 0.248. The van der Waals surface area contributed by atoms with Gasteiger partial charge in [0.05, 0.1) is 0 Å². The second-order valence-corrected chi connectivity index (χ2v) is 5.51. The van der Waals surface area contributed by atoms with Crippen LogP contribution < -0.4 is 5.73 Å². The third-order valence-electron chi connectivity index (χ3n) is 3.05. The molecule has 0 aromatic heterocycles. The molecular weight excluding hydrogens is 310 g/mol. The van der Waals surface area contributed by atoms with E-state index in [0.717, 1.165) is 21.5 Å². The summed E-state index contributed by atoms with van der Waals surface area (Å²) in [5.74, 6) is 0.248. The predicted octanol–water partition coefficient (Wildman–Crippen LogP) is 4.39. The molecule has 0 heterocycles. The zero-order chi connectivity index (χ0) is 13.0. The summed E-state index contributed by atoms with van der Waals surface area (Å²) in [5, 5.41) is 0.792. The molecule has 0 radical (unpaired) electrons. The van der Waals surface area contributed by atoms with Crippen LogP contribution in [0.25, 0.3) is 0 Å². The molecule has 1 unspecified atom stereocenters. The van der Waals surface area contributed by atoms with Gasteiger partial charge in [0, 0.05) is 15.4 Å². The van der Waals surface area contributed by atoms with Crippen LogP contribution in [0.3, 0.4) is 0 Å². The van der Waals surface area contributed by atoms with Gasteiger partial charge in [-0.15, -0.1) is 0 Å². The van der Waals surface area contributed by atoms with E-state index < -0.39 is 0 Å². The Morgan fingerprint density at radius 3 is 2.39 bits per heavy atom. The summed E-state index contributed by atoms with van der Waals surface area (Å²) in [6, 6.07) is 16.1. The number of hydrogen-bond acceptors (Lipinski definition) is 1. The lowest BCUT2D eigenvalue weighted by molar-refractivity contribution is 0.693. The van der Waals surface area contributed by atoms with Gasteiger partial charge in [0.15, 0.2) is 0 Å². The molecule has 0 fully saturated rings. The molecule has 1 atom stereocenters. The van der Waals surface area contributed by atoms with Crippen LogP contribution in [0.4, 0.5) is 0 Å². The zero-order valence-electron chi connectivity index (χ0n) is 9.94. The average molecular weight is 325 g/mol. The minimum Gasteiger partial charge on any atom is -0.330 e. The van der Waals surface area contributed by atoms with E-state index in [-0.39, 0.29) is 5.92 Å². The van der Waals surface area contributed by atoms with E-state index in [0.29, 0.717) is 6.54 Å². The Labute approximate surface area is 121 Å². The third kappa shape index (κ3) is 3.14. The molecule has 2 N–H and O–H groups in total. The highest BCUT2D eigenvalue weighted by molar-refractivity contribution is 9.10. The molecule has 0 aliphatic carbocycles. The minimum atomic E-state index is 0.248. The number of halogens is 2. The molecule has 1 nitrogen and oxygen atoms in total. The normalized spacial score (nSPS) is 12.4. The maximum atomic E-state index is 6.24. The second kappa shape index (κ2) is 6.37. The van der Waals surface area contributed by atoms with E-state index in [4.69, 9.17) is 17.3 Å². The Hall–Kier alpha value is -0.830. The SMILES string of the molecule is NCC(Cc1ccccc1Br)c1ccccc1Cl. The standard InChI is InChI=1S/C15H15BrClN/c16-14-7-3-1-5-11(14)9-12(10-18)13-6-2-4-8-15(13)17/h1-8,12H,9-10,18H2. The predicted molar refractivity (Wildman–Crippen MR) is 81.1 cm³/mol. The van der Waals surface area contributed by atoms with Crippen LogP contribution in [-0.2, 0) is 6.42 Å². The monoisotopic (exact) mass is 323 g/mol. The summed E-state index contributed by atoms with van der Waals surface area (Å²) >= 11 is 9.81. The lowest BCUT2D eigenvalue weighted by Gasteiger charge is -2.17. The van der Waals surface area contributed by atoms with Crippen LogP contribution in [0.5, 0.6) is 0 Å². The van der Waals surface area contributed by atoms with Crippen LogP contribution in [0.2, 0.25) is 5.02 Å². The summed E-state index contributed by atoms with van der Waals surface area (Å²) in [6.45, 7) is 0.588. The lowest BCUT2D eigenvalue weighted by atomic mass is 9.92. The summed E-state index contributed by atoms with van der Waals surface area (Å²) in [7, 11) is 0. The number of nitrogens with two attached hydrogens (primary N) is 1. The fraction of sp³-hybridized carbons (Fsp3) is 0.200. The zero-order valence-corrected chi connectivity index (χ0v) is 12.3. The fourth-order valence-corrected chi connectivity index (χ4v) is 2.79. The van der Waals surface area contributed by atoms with E-state index in [1.807, 2.05) is 30.3 Å². The van der Waals surface area contributed by atoms with Gasteiger partial charge >= 0.3 is 0 Å². The van der Waals surface area contributed by atoms with Crippen LogP contribution in [0, 0.1) is 0 Å². The molecule has 3 heteroatoms. The molecule has 2 rings (SSSR count). The van der Waals surface area contributed by atoms with Gasteiger partial charge in [0.1, 0.15) is 0 Å². The van der Waals surface area contributed by atoms with Crippen molar-refractivity contribution < 1.29 is 0 Å². The van der Waals surface area contributed by atoms with Gasteiger partial charge in [0.25, 0.3) is 0 Å². The Balaban J connectivity index is 2.26. The maximum absolute atomic E-state index is 6.24. The Morgan fingerprint density at radius 2 is 1.72 bits per heavy atom. The molecule has 0 bridgehead atoms. The van der Waals surface area contributed by atoms with Crippen molar-refractivity contribution in [2.45, 2.75) is 12.3 Å². The molecule has 0 aliphatic rings. The van der Waals surface area contributed by atoms with Crippen LogP contribution in [0.15, 0.2) is 53.0 Å². The highest BCUT2D eigenvalue weighted by Gasteiger charge is 2.14. The average Bonchev–Trinajstić information content (AvgIpc) is 2.39. The lowest BCUT2D eigenvalue weighted by Crippen LogP contribution is -2.15. The second-order valence-electron chi connectivity index (χ2n) is 4.25. The highest BCUT2D eigenvalue weighted by atomic mass is 79.9. The van der Waals surface area contributed by atoms with Gasteiger partial charge in [-0.1, -0.05) is 63.9 Å². The molecular formula is C15H15BrClN. The van der Waals surface area contributed by atoms with Crippen molar-refractivity contribution in [1.82, 2.24) is 0 Å². The molecule has 0 saturated carbocycles. The molecule has 0 amide bonds. The molecule has 94 valence electrons. The highest BCUT2D eigenvalue weighted by Crippen LogP contribution is 2.29. The Bertz CT molecular complexity index is 527. The molecule has 0 spiro atoms. The summed E-state index contributed by atoms with van der Waals surface area (Å²) in [4.78, 5) is 0.